The highest BCUT2D eigenvalue weighted by molar-refractivity contribution is 5.47. The molecule has 0 spiro atoms. The van der Waals surface area contributed by atoms with Crippen molar-refractivity contribution in [1.29, 1.82) is 0 Å². The molecule has 3 nitrogen and oxygen atoms in total. The van der Waals surface area contributed by atoms with E-state index >= 15 is 0 Å². The fraction of sp³-hybridized carbons (Fsp3) is 0.353. The van der Waals surface area contributed by atoms with Crippen LogP contribution in [0.3, 0.4) is 0 Å². The Bertz CT molecular complexity index is 625. The van der Waals surface area contributed by atoms with E-state index in [4.69, 9.17) is 4.74 Å². The first-order chi connectivity index (χ1) is 10.1. The van der Waals surface area contributed by atoms with Gasteiger partial charge in [-0.05, 0) is 31.5 Å². The van der Waals surface area contributed by atoms with E-state index in [0.29, 0.717) is 0 Å². The maximum absolute atomic E-state index is 13.1. The van der Waals surface area contributed by atoms with Crippen molar-refractivity contribution in [3.05, 3.63) is 59.2 Å². The molecular formula is C17H19FN2O. The molecule has 0 fully saturated rings. The average molecular weight is 286 g/mol. The molecule has 3 rings (SSSR count). The van der Waals surface area contributed by atoms with E-state index in [9.17, 15) is 4.39 Å². The Kier molecular flexibility index (Phi) is 3.88. The third-order valence-electron chi connectivity index (χ3n) is 3.60. The van der Waals surface area contributed by atoms with Crippen molar-refractivity contribution in [2.75, 3.05) is 6.61 Å². The summed E-state index contributed by atoms with van der Waals surface area (Å²) in [5.74, 6) is 0.623. The summed E-state index contributed by atoms with van der Waals surface area (Å²) in [6.07, 6.45) is 2.20. The molecule has 2 aromatic rings. The van der Waals surface area contributed by atoms with Gasteiger partial charge < -0.3 is 10.1 Å². The summed E-state index contributed by atoms with van der Waals surface area (Å²) in [4.78, 5) is 4.24. The Morgan fingerprint density at radius 1 is 1.24 bits per heavy atom. The number of aromatic nitrogens is 1. The summed E-state index contributed by atoms with van der Waals surface area (Å²) in [5.41, 5.74) is 3.09. The van der Waals surface area contributed by atoms with Crippen LogP contribution in [-0.2, 0) is 6.42 Å². The molecule has 0 aliphatic carbocycles. The molecule has 1 N–H and O–H groups in total. The van der Waals surface area contributed by atoms with Gasteiger partial charge in [0.05, 0.1) is 24.5 Å². The van der Waals surface area contributed by atoms with E-state index in [1.54, 1.807) is 6.07 Å². The second kappa shape index (κ2) is 5.82. The quantitative estimate of drug-likeness (QED) is 0.937. The normalized spacial score (nSPS) is 14.9. The van der Waals surface area contributed by atoms with Gasteiger partial charge in [-0.15, -0.1) is 0 Å². The van der Waals surface area contributed by atoms with E-state index in [0.717, 1.165) is 30.0 Å². The molecule has 1 aromatic heterocycles. The lowest BCUT2D eigenvalue weighted by Gasteiger charge is -2.23. The van der Waals surface area contributed by atoms with Gasteiger partial charge >= 0.3 is 0 Å². The molecule has 4 heteroatoms. The number of rotatable bonds is 4. The second-order valence-electron chi connectivity index (χ2n) is 5.59. The highest BCUT2D eigenvalue weighted by Crippen LogP contribution is 2.35. The lowest BCUT2D eigenvalue weighted by atomic mass is 9.98. The standard InChI is InChI=1S/C17H19FN2O/c1-11(2)20-16(15-7-6-13(18)10-19-15)14-5-3-4-12-8-9-21-17(12)14/h3-7,10-11,16,20H,8-9H2,1-2H3. The first kappa shape index (κ1) is 14.0. The van der Waals surface area contributed by atoms with Crippen LogP contribution in [0.15, 0.2) is 36.5 Å². The first-order valence-corrected chi connectivity index (χ1v) is 7.27. The zero-order valence-corrected chi connectivity index (χ0v) is 12.3. The summed E-state index contributed by atoms with van der Waals surface area (Å²) in [6, 6.07) is 9.54. The summed E-state index contributed by atoms with van der Waals surface area (Å²) in [7, 11) is 0. The van der Waals surface area contributed by atoms with Crippen LogP contribution in [0.5, 0.6) is 5.75 Å². The van der Waals surface area contributed by atoms with Crippen LogP contribution in [-0.4, -0.2) is 17.6 Å². The van der Waals surface area contributed by atoms with Gasteiger partial charge in [-0.25, -0.2) is 4.39 Å². The zero-order chi connectivity index (χ0) is 14.8. The van der Waals surface area contributed by atoms with Crippen molar-refractivity contribution >= 4 is 0 Å². The van der Waals surface area contributed by atoms with Crippen molar-refractivity contribution in [3.8, 4) is 5.75 Å². The van der Waals surface area contributed by atoms with E-state index in [2.05, 4.69) is 36.3 Å². The van der Waals surface area contributed by atoms with Crippen LogP contribution in [0.4, 0.5) is 4.39 Å². The predicted molar refractivity (Wildman–Crippen MR) is 80.0 cm³/mol. The van der Waals surface area contributed by atoms with Gasteiger partial charge in [0.25, 0.3) is 0 Å². The summed E-state index contributed by atoms with van der Waals surface area (Å²) in [6.45, 7) is 4.89. The number of para-hydroxylation sites is 1. The fourth-order valence-electron chi connectivity index (χ4n) is 2.69. The van der Waals surface area contributed by atoms with Gasteiger partial charge in [0.1, 0.15) is 11.6 Å². The molecule has 1 aliphatic rings. The minimum Gasteiger partial charge on any atom is -0.493 e. The number of nitrogens with zero attached hydrogens (tertiary/aromatic N) is 1. The SMILES string of the molecule is CC(C)NC(c1ccc(F)cn1)c1cccc2c1OCC2. The van der Waals surface area contributed by atoms with Crippen molar-refractivity contribution < 1.29 is 9.13 Å². The lowest BCUT2D eigenvalue weighted by molar-refractivity contribution is 0.349. The van der Waals surface area contributed by atoms with Gasteiger partial charge in [0.2, 0.25) is 0 Å². The first-order valence-electron chi connectivity index (χ1n) is 7.27. The number of pyridine rings is 1. The summed E-state index contributed by atoms with van der Waals surface area (Å²) >= 11 is 0. The number of nitrogens with one attached hydrogen (secondary N) is 1. The molecule has 1 aromatic carbocycles. The third kappa shape index (κ3) is 2.90. The Morgan fingerprint density at radius 3 is 2.81 bits per heavy atom. The van der Waals surface area contributed by atoms with Crippen molar-refractivity contribution in [3.63, 3.8) is 0 Å². The van der Waals surface area contributed by atoms with Crippen molar-refractivity contribution in [2.45, 2.75) is 32.4 Å². The molecule has 0 bridgehead atoms. The Balaban J connectivity index is 2.04. The number of halogens is 1. The van der Waals surface area contributed by atoms with Crippen LogP contribution in [0.2, 0.25) is 0 Å². The molecule has 0 saturated heterocycles. The number of hydrogen-bond donors (Lipinski definition) is 1. The topological polar surface area (TPSA) is 34.2 Å². The van der Waals surface area contributed by atoms with E-state index in [1.807, 2.05) is 6.07 Å². The van der Waals surface area contributed by atoms with Crippen LogP contribution >= 0.6 is 0 Å². The predicted octanol–water partition coefficient (Wildman–Crippen LogP) is 3.24. The maximum atomic E-state index is 13.1. The van der Waals surface area contributed by atoms with E-state index < -0.39 is 0 Å². The molecule has 2 heterocycles. The Hall–Kier alpha value is -1.94. The van der Waals surface area contributed by atoms with Crippen LogP contribution in [0.1, 0.15) is 36.7 Å². The summed E-state index contributed by atoms with van der Waals surface area (Å²) in [5, 5.41) is 3.50. The fourth-order valence-corrected chi connectivity index (χ4v) is 2.69. The Labute approximate surface area is 124 Å². The van der Waals surface area contributed by atoms with Crippen molar-refractivity contribution in [1.82, 2.24) is 10.3 Å². The smallest absolute Gasteiger partial charge is 0.141 e. The Morgan fingerprint density at radius 2 is 2.10 bits per heavy atom. The number of benzene rings is 1. The highest BCUT2D eigenvalue weighted by atomic mass is 19.1. The molecule has 0 saturated carbocycles. The van der Waals surface area contributed by atoms with Gasteiger partial charge in [-0.1, -0.05) is 18.2 Å². The monoisotopic (exact) mass is 286 g/mol. The van der Waals surface area contributed by atoms with Crippen LogP contribution in [0, 0.1) is 5.82 Å². The molecule has 1 aliphatic heterocycles. The molecule has 1 unspecified atom stereocenters. The molecule has 110 valence electrons. The lowest BCUT2D eigenvalue weighted by Crippen LogP contribution is -2.29. The van der Waals surface area contributed by atoms with E-state index in [1.165, 1.54) is 17.8 Å². The zero-order valence-electron chi connectivity index (χ0n) is 12.3. The number of hydrogen-bond acceptors (Lipinski definition) is 3. The van der Waals surface area contributed by atoms with Gasteiger partial charge in [0, 0.05) is 18.0 Å². The van der Waals surface area contributed by atoms with Crippen LogP contribution in [0.25, 0.3) is 0 Å². The van der Waals surface area contributed by atoms with Crippen LogP contribution < -0.4 is 10.1 Å². The van der Waals surface area contributed by atoms with E-state index in [-0.39, 0.29) is 17.9 Å². The van der Waals surface area contributed by atoms with Gasteiger partial charge in [-0.3, -0.25) is 4.98 Å². The molecular weight excluding hydrogens is 267 g/mol. The van der Waals surface area contributed by atoms with Crippen molar-refractivity contribution in [2.24, 2.45) is 0 Å². The van der Waals surface area contributed by atoms with Gasteiger partial charge in [0.15, 0.2) is 0 Å². The minimum absolute atomic E-state index is 0.0985. The maximum Gasteiger partial charge on any atom is 0.141 e. The largest absolute Gasteiger partial charge is 0.493 e. The average Bonchev–Trinajstić information content (AvgIpc) is 2.94. The number of fused-ring (bicyclic) bond motifs is 1. The molecule has 0 amide bonds. The van der Waals surface area contributed by atoms with Gasteiger partial charge in [-0.2, -0.15) is 0 Å². The second-order valence-corrected chi connectivity index (χ2v) is 5.59. The molecule has 1 atom stereocenters. The third-order valence-corrected chi connectivity index (χ3v) is 3.60. The molecule has 21 heavy (non-hydrogen) atoms. The highest BCUT2D eigenvalue weighted by Gasteiger charge is 2.24. The minimum atomic E-state index is -0.323. The number of ether oxygens (including phenoxy) is 1. The molecule has 0 radical (unpaired) electrons. The summed E-state index contributed by atoms with van der Waals surface area (Å²) < 4.78 is 18.9.